The molecule has 1 aliphatic rings. The number of methoxy groups -OCH3 is 1. The van der Waals surface area contributed by atoms with Crippen LogP contribution in [0.25, 0.3) is 5.57 Å². The predicted molar refractivity (Wildman–Crippen MR) is 123 cm³/mol. The summed E-state index contributed by atoms with van der Waals surface area (Å²) in [6.07, 6.45) is 0. The Bertz CT molecular complexity index is 1220. The first kappa shape index (κ1) is 20.7. The van der Waals surface area contributed by atoms with Crippen LogP contribution in [0.5, 0.6) is 5.75 Å². The minimum Gasteiger partial charge on any atom is -0.497 e. The normalized spacial score (nSPS) is 13.7. The molecule has 0 saturated carbocycles. The van der Waals surface area contributed by atoms with Gasteiger partial charge in [0.1, 0.15) is 11.4 Å². The third kappa shape index (κ3) is 3.92. The minimum absolute atomic E-state index is 0.224. The van der Waals surface area contributed by atoms with E-state index >= 15 is 0 Å². The number of nitrogens with zero attached hydrogens (tertiary/aromatic N) is 1. The van der Waals surface area contributed by atoms with Gasteiger partial charge in [0.2, 0.25) is 0 Å². The number of imide groups is 1. The highest BCUT2D eigenvalue weighted by Gasteiger charge is 2.40. The SMILES string of the molecule is COc1cccc(N2C(=O)C(Nc3ccc(Cl)cc3C)=C(c3ccc(C)cc3)C2=O)c1. The highest BCUT2D eigenvalue weighted by molar-refractivity contribution is 6.46. The lowest BCUT2D eigenvalue weighted by molar-refractivity contribution is -0.120. The highest BCUT2D eigenvalue weighted by atomic mass is 35.5. The van der Waals surface area contributed by atoms with Crippen molar-refractivity contribution < 1.29 is 14.3 Å². The van der Waals surface area contributed by atoms with E-state index in [2.05, 4.69) is 5.32 Å². The fourth-order valence-electron chi connectivity index (χ4n) is 3.52. The maximum Gasteiger partial charge on any atom is 0.282 e. The molecule has 5 nitrogen and oxygen atoms in total. The first-order valence-electron chi connectivity index (χ1n) is 9.76. The van der Waals surface area contributed by atoms with E-state index in [1.807, 2.05) is 38.1 Å². The molecule has 2 amide bonds. The molecule has 0 aliphatic carbocycles. The fourth-order valence-corrected chi connectivity index (χ4v) is 3.75. The molecule has 3 aromatic rings. The Morgan fingerprint density at radius 1 is 0.903 bits per heavy atom. The summed E-state index contributed by atoms with van der Waals surface area (Å²) in [4.78, 5) is 28.1. The Morgan fingerprint density at radius 2 is 1.65 bits per heavy atom. The summed E-state index contributed by atoms with van der Waals surface area (Å²) >= 11 is 6.08. The fraction of sp³-hybridized carbons (Fsp3) is 0.120. The summed E-state index contributed by atoms with van der Waals surface area (Å²) in [5.41, 5.74) is 4.30. The number of hydrogen-bond acceptors (Lipinski definition) is 4. The zero-order valence-corrected chi connectivity index (χ0v) is 18.2. The lowest BCUT2D eigenvalue weighted by Gasteiger charge is -2.16. The quantitative estimate of drug-likeness (QED) is 0.551. The van der Waals surface area contributed by atoms with Gasteiger partial charge in [-0.1, -0.05) is 47.5 Å². The van der Waals surface area contributed by atoms with Gasteiger partial charge in [-0.15, -0.1) is 0 Å². The van der Waals surface area contributed by atoms with E-state index in [1.165, 1.54) is 4.90 Å². The molecular formula is C25H21ClN2O3. The molecule has 3 aromatic carbocycles. The topological polar surface area (TPSA) is 58.6 Å². The average Bonchev–Trinajstić information content (AvgIpc) is 3.00. The molecule has 1 heterocycles. The number of carbonyl (C=O) groups is 2. The number of anilines is 2. The molecule has 0 spiro atoms. The standard InChI is InChI=1S/C25H21ClN2O3/c1-15-7-9-17(10-8-15)22-23(27-21-12-11-18(26)13-16(21)2)25(30)28(24(22)29)19-5-4-6-20(14-19)31-3/h4-14,27H,1-3H3. The van der Waals surface area contributed by atoms with Crippen molar-refractivity contribution in [3.8, 4) is 5.75 Å². The number of aryl methyl sites for hydroxylation is 2. The molecule has 0 atom stereocenters. The first-order valence-corrected chi connectivity index (χ1v) is 10.1. The molecule has 0 bridgehead atoms. The van der Waals surface area contributed by atoms with Crippen molar-refractivity contribution in [3.63, 3.8) is 0 Å². The molecule has 31 heavy (non-hydrogen) atoms. The first-order chi connectivity index (χ1) is 14.9. The number of nitrogens with one attached hydrogen (secondary N) is 1. The van der Waals surface area contributed by atoms with Gasteiger partial charge < -0.3 is 10.1 Å². The highest BCUT2D eigenvalue weighted by Crippen LogP contribution is 2.35. The molecular weight excluding hydrogens is 412 g/mol. The second kappa shape index (κ2) is 8.28. The van der Waals surface area contributed by atoms with Gasteiger partial charge in [0.15, 0.2) is 0 Å². The van der Waals surface area contributed by atoms with Crippen molar-refractivity contribution in [1.29, 1.82) is 0 Å². The molecule has 0 radical (unpaired) electrons. The predicted octanol–water partition coefficient (Wildman–Crippen LogP) is 5.36. The molecule has 4 rings (SSSR count). The third-order valence-corrected chi connectivity index (χ3v) is 5.42. The van der Waals surface area contributed by atoms with Crippen molar-refractivity contribution in [2.24, 2.45) is 0 Å². The van der Waals surface area contributed by atoms with Gasteiger partial charge in [-0.2, -0.15) is 0 Å². The lowest BCUT2D eigenvalue weighted by atomic mass is 10.0. The van der Waals surface area contributed by atoms with E-state index in [4.69, 9.17) is 16.3 Å². The van der Waals surface area contributed by atoms with Gasteiger partial charge in [-0.05, 0) is 55.3 Å². The Morgan fingerprint density at radius 3 is 2.32 bits per heavy atom. The summed E-state index contributed by atoms with van der Waals surface area (Å²) in [6.45, 7) is 3.86. The van der Waals surface area contributed by atoms with Crippen LogP contribution >= 0.6 is 11.6 Å². The summed E-state index contributed by atoms with van der Waals surface area (Å²) in [7, 11) is 1.54. The van der Waals surface area contributed by atoms with E-state index in [9.17, 15) is 9.59 Å². The molecule has 0 saturated heterocycles. The summed E-state index contributed by atoms with van der Waals surface area (Å²) in [5, 5.41) is 3.79. The Balaban J connectivity index is 1.83. The second-order valence-electron chi connectivity index (χ2n) is 7.35. The number of hydrogen-bond donors (Lipinski definition) is 1. The van der Waals surface area contributed by atoms with Crippen LogP contribution in [0.2, 0.25) is 5.02 Å². The summed E-state index contributed by atoms with van der Waals surface area (Å²) in [6, 6.07) is 19.8. The average molecular weight is 433 g/mol. The molecule has 0 unspecified atom stereocenters. The van der Waals surface area contributed by atoms with Crippen molar-refractivity contribution in [2.45, 2.75) is 13.8 Å². The molecule has 0 fully saturated rings. The third-order valence-electron chi connectivity index (χ3n) is 5.18. The van der Waals surface area contributed by atoms with E-state index < -0.39 is 11.8 Å². The van der Waals surface area contributed by atoms with Crippen molar-refractivity contribution in [2.75, 3.05) is 17.3 Å². The second-order valence-corrected chi connectivity index (χ2v) is 7.78. The maximum atomic E-state index is 13.5. The smallest absolute Gasteiger partial charge is 0.282 e. The van der Waals surface area contributed by atoms with Crippen LogP contribution in [0.4, 0.5) is 11.4 Å². The number of carbonyl (C=O) groups excluding carboxylic acids is 2. The molecule has 1 aliphatic heterocycles. The monoisotopic (exact) mass is 432 g/mol. The minimum atomic E-state index is -0.428. The van der Waals surface area contributed by atoms with E-state index in [-0.39, 0.29) is 5.70 Å². The molecule has 6 heteroatoms. The van der Waals surface area contributed by atoms with Gasteiger partial charge >= 0.3 is 0 Å². The van der Waals surface area contributed by atoms with Crippen LogP contribution in [-0.4, -0.2) is 18.9 Å². The number of amides is 2. The Labute approximate surface area is 185 Å². The van der Waals surface area contributed by atoms with Crippen molar-refractivity contribution in [1.82, 2.24) is 0 Å². The number of halogens is 1. The van der Waals surface area contributed by atoms with E-state index in [0.717, 1.165) is 11.1 Å². The van der Waals surface area contributed by atoms with Crippen LogP contribution in [-0.2, 0) is 9.59 Å². The summed E-state index contributed by atoms with van der Waals surface area (Å²) in [5.74, 6) is -0.260. The number of rotatable bonds is 5. The molecule has 156 valence electrons. The maximum absolute atomic E-state index is 13.5. The van der Waals surface area contributed by atoms with Gasteiger partial charge in [0.25, 0.3) is 11.8 Å². The van der Waals surface area contributed by atoms with E-state index in [1.54, 1.807) is 49.6 Å². The zero-order valence-electron chi connectivity index (χ0n) is 17.4. The molecule has 0 aromatic heterocycles. The van der Waals surface area contributed by atoms with Crippen LogP contribution in [0.15, 0.2) is 72.4 Å². The van der Waals surface area contributed by atoms with Crippen LogP contribution in [0.3, 0.4) is 0 Å². The van der Waals surface area contributed by atoms with Crippen LogP contribution in [0, 0.1) is 13.8 Å². The zero-order chi connectivity index (χ0) is 22.1. The van der Waals surface area contributed by atoms with Crippen LogP contribution < -0.4 is 15.0 Å². The van der Waals surface area contributed by atoms with Gasteiger partial charge in [-0.25, -0.2) is 4.90 Å². The van der Waals surface area contributed by atoms with Gasteiger partial charge in [0.05, 0.1) is 18.4 Å². The summed E-state index contributed by atoms with van der Waals surface area (Å²) < 4.78 is 5.27. The number of benzene rings is 3. The Kier molecular flexibility index (Phi) is 5.53. The van der Waals surface area contributed by atoms with Crippen molar-refractivity contribution in [3.05, 3.63) is 94.1 Å². The van der Waals surface area contributed by atoms with E-state index in [0.29, 0.717) is 33.3 Å². The lowest BCUT2D eigenvalue weighted by Crippen LogP contribution is -2.32. The van der Waals surface area contributed by atoms with Gasteiger partial charge in [-0.3, -0.25) is 9.59 Å². The number of ether oxygens (including phenoxy) is 1. The molecule has 1 N–H and O–H groups in total. The Hall–Kier alpha value is -3.57. The van der Waals surface area contributed by atoms with Crippen molar-refractivity contribution >= 4 is 40.4 Å². The van der Waals surface area contributed by atoms with Crippen LogP contribution in [0.1, 0.15) is 16.7 Å². The largest absolute Gasteiger partial charge is 0.497 e. The van der Waals surface area contributed by atoms with Gasteiger partial charge in [0, 0.05) is 16.8 Å².